The fourth-order valence-corrected chi connectivity index (χ4v) is 2.31. The van der Waals surface area contributed by atoms with Crippen molar-refractivity contribution in [2.45, 2.75) is 32.1 Å². The van der Waals surface area contributed by atoms with Crippen LogP contribution < -0.4 is 0 Å². The summed E-state index contributed by atoms with van der Waals surface area (Å²) in [5.41, 5.74) is 0. The van der Waals surface area contributed by atoms with Gasteiger partial charge in [0.2, 0.25) is 0 Å². The Morgan fingerprint density at radius 3 is 2.89 bits per heavy atom. The zero-order valence-corrected chi connectivity index (χ0v) is 11.4. The number of halogens is 1. The molecule has 19 heavy (non-hydrogen) atoms. The summed E-state index contributed by atoms with van der Waals surface area (Å²) in [7, 11) is 0. The number of ether oxygens (including phenoxy) is 1. The smallest absolute Gasteiger partial charge is 0.417 e. The Hall–Kier alpha value is -1.48. The summed E-state index contributed by atoms with van der Waals surface area (Å²) in [6.45, 7) is 1.89. The predicted octanol–water partition coefficient (Wildman–Crippen LogP) is 4.27. The molecule has 3 nitrogen and oxygen atoms in total. The van der Waals surface area contributed by atoms with E-state index in [1.165, 1.54) is 6.47 Å². The molecule has 2 aromatic rings. The van der Waals surface area contributed by atoms with Crippen LogP contribution in [0.1, 0.15) is 31.4 Å². The first-order valence-electron chi connectivity index (χ1n) is 6.46. The zero-order valence-electron chi connectivity index (χ0n) is 10.7. The molecule has 4 heteroatoms. The van der Waals surface area contributed by atoms with Crippen molar-refractivity contribution < 1.29 is 13.9 Å². The maximum Gasteiger partial charge on any atom is 0.417 e. The van der Waals surface area contributed by atoms with E-state index in [2.05, 4.69) is 4.74 Å². The monoisotopic (exact) mass is 279 g/mol. The molecule has 0 aliphatic heterocycles. The van der Waals surface area contributed by atoms with E-state index in [0.717, 1.165) is 53.7 Å². The van der Waals surface area contributed by atoms with Crippen LogP contribution in [0.3, 0.4) is 0 Å². The van der Waals surface area contributed by atoms with E-state index < -0.39 is 0 Å². The number of aryl methyl sites for hydroxylation is 1. The van der Waals surface area contributed by atoms with Gasteiger partial charge in [0.15, 0.2) is 0 Å². The maximum absolute atomic E-state index is 9.83. The minimum Gasteiger partial charge on any atom is -0.468 e. The highest BCUT2D eigenvalue weighted by Gasteiger charge is 2.06. The standard InChI is InChI=1S/C15H16ClO3/c16-13-6-7-14-12(9-13)10-19-15(14)5-3-1-2-4-8-18-11-17/h6-7,9-10H,1-5,8H2. The molecule has 0 bridgehead atoms. The van der Waals surface area contributed by atoms with Crippen molar-refractivity contribution in [3.05, 3.63) is 35.2 Å². The van der Waals surface area contributed by atoms with Crippen LogP contribution in [0.25, 0.3) is 10.8 Å². The lowest BCUT2D eigenvalue weighted by molar-refractivity contribution is 0.268. The van der Waals surface area contributed by atoms with Gasteiger partial charge in [0.1, 0.15) is 5.76 Å². The Kier molecular flexibility index (Phi) is 5.28. The van der Waals surface area contributed by atoms with Gasteiger partial charge in [0, 0.05) is 22.2 Å². The van der Waals surface area contributed by atoms with Gasteiger partial charge in [-0.25, -0.2) is 4.79 Å². The van der Waals surface area contributed by atoms with Crippen molar-refractivity contribution in [3.63, 3.8) is 0 Å². The summed E-state index contributed by atoms with van der Waals surface area (Å²) in [6, 6.07) is 5.80. The van der Waals surface area contributed by atoms with Crippen molar-refractivity contribution in [2.75, 3.05) is 6.61 Å². The first kappa shape index (κ1) is 13.9. The van der Waals surface area contributed by atoms with Crippen molar-refractivity contribution in [1.29, 1.82) is 0 Å². The van der Waals surface area contributed by atoms with Gasteiger partial charge in [0.05, 0.1) is 12.9 Å². The van der Waals surface area contributed by atoms with Gasteiger partial charge in [-0.1, -0.05) is 24.4 Å². The normalized spacial score (nSPS) is 10.8. The van der Waals surface area contributed by atoms with Gasteiger partial charge in [0.25, 0.3) is 0 Å². The molecule has 101 valence electrons. The van der Waals surface area contributed by atoms with Crippen LogP contribution in [0.15, 0.2) is 28.9 Å². The third-order valence-electron chi connectivity index (χ3n) is 3.10. The summed E-state index contributed by atoms with van der Waals surface area (Å²) in [6.07, 6.45) is 6.78. The van der Waals surface area contributed by atoms with E-state index >= 15 is 0 Å². The molecule has 0 amide bonds. The van der Waals surface area contributed by atoms with Crippen molar-refractivity contribution in [1.82, 2.24) is 0 Å². The molecule has 0 saturated heterocycles. The highest BCUT2D eigenvalue weighted by atomic mass is 35.5. The number of hydrogen-bond acceptors (Lipinski definition) is 3. The highest BCUT2D eigenvalue weighted by molar-refractivity contribution is 6.31. The molecule has 0 N–H and O–H groups in total. The van der Waals surface area contributed by atoms with E-state index in [1.54, 1.807) is 6.26 Å². The SMILES string of the molecule is O=[C]OCCCCCCc1occ2cc(Cl)ccc12. The molecule has 0 aliphatic rings. The molecule has 0 saturated carbocycles. The maximum atomic E-state index is 9.83. The van der Waals surface area contributed by atoms with Crippen LogP contribution in [-0.4, -0.2) is 13.1 Å². The topological polar surface area (TPSA) is 39.4 Å². The summed E-state index contributed by atoms with van der Waals surface area (Å²) in [5, 5.41) is 2.92. The Morgan fingerprint density at radius 2 is 2.05 bits per heavy atom. The molecule has 1 aromatic carbocycles. The number of carbonyl (C=O) groups excluding carboxylic acids is 1. The van der Waals surface area contributed by atoms with Crippen LogP contribution >= 0.6 is 11.6 Å². The molecule has 0 atom stereocenters. The molecule has 0 fully saturated rings. The molecular formula is C15H16ClO3. The van der Waals surface area contributed by atoms with E-state index in [1.807, 2.05) is 18.2 Å². The van der Waals surface area contributed by atoms with Crippen LogP contribution in [0.4, 0.5) is 0 Å². The first-order valence-corrected chi connectivity index (χ1v) is 6.83. The molecule has 1 radical (unpaired) electrons. The predicted molar refractivity (Wildman–Crippen MR) is 75.0 cm³/mol. The van der Waals surface area contributed by atoms with Gasteiger partial charge < -0.3 is 9.15 Å². The molecule has 1 aromatic heterocycles. The molecule has 0 unspecified atom stereocenters. The fourth-order valence-electron chi connectivity index (χ4n) is 2.13. The number of furan rings is 1. The lowest BCUT2D eigenvalue weighted by Gasteiger charge is -2.00. The minimum absolute atomic E-state index is 0.464. The zero-order chi connectivity index (χ0) is 13.5. The summed E-state index contributed by atoms with van der Waals surface area (Å²) >= 11 is 5.93. The van der Waals surface area contributed by atoms with Gasteiger partial charge >= 0.3 is 6.47 Å². The molecule has 0 spiro atoms. The van der Waals surface area contributed by atoms with Crippen molar-refractivity contribution in [3.8, 4) is 0 Å². The van der Waals surface area contributed by atoms with E-state index in [-0.39, 0.29) is 0 Å². The van der Waals surface area contributed by atoms with Crippen molar-refractivity contribution >= 4 is 28.8 Å². The third kappa shape index (κ3) is 4.00. The summed E-state index contributed by atoms with van der Waals surface area (Å²) in [4.78, 5) is 9.83. The number of rotatable bonds is 8. The first-order chi connectivity index (χ1) is 9.31. The van der Waals surface area contributed by atoms with E-state index in [0.29, 0.717) is 6.61 Å². The minimum atomic E-state index is 0.464. The van der Waals surface area contributed by atoms with Gasteiger partial charge in [-0.3, -0.25) is 0 Å². The molecule has 0 aliphatic carbocycles. The van der Waals surface area contributed by atoms with Crippen LogP contribution in [0, 0.1) is 0 Å². The summed E-state index contributed by atoms with van der Waals surface area (Å²) in [5.74, 6) is 1.02. The highest BCUT2D eigenvalue weighted by Crippen LogP contribution is 2.25. The van der Waals surface area contributed by atoms with Crippen LogP contribution in [0.2, 0.25) is 5.02 Å². The van der Waals surface area contributed by atoms with Gasteiger partial charge in [-0.05, 0) is 31.0 Å². The second kappa shape index (κ2) is 7.19. The lowest BCUT2D eigenvalue weighted by atomic mass is 10.1. The van der Waals surface area contributed by atoms with Crippen molar-refractivity contribution in [2.24, 2.45) is 0 Å². The lowest BCUT2D eigenvalue weighted by Crippen LogP contribution is -1.92. The van der Waals surface area contributed by atoms with Crippen LogP contribution in [0.5, 0.6) is 0 Å². The Morgan fingerprint density at radius 1 is 1.21 bits per heavy atom. The number of benzene rings is 1. The quantitative estimate of drug-likeness (QED) is 0.677. The number of hydrogen-bond donors (Lipinski definition) is 0. The number of fused-ring (bicyclic) bond motifs is 1. The second-order valence-electron chi connectivity index (χ2n) is 4.49. The van der Waals surface area contributed by atoms with Gasteiger partial charge in [-0.2, -0.15) is 0 Å². The molecular weight excluding hydrogens is 264 g/mol. The fraction of sp³-hybridized carbons (Fsp3) is 0.400. The van der Waals surface area contributed by atoms with E-state index in [4.69, 9.17) is 16.0 Å². The second-order valence-corrected chi connectivity index (χ2v) is 4.92. The van der Waals surface area contributed by atoms with Gasteiger partial charge in [-0.15, -0.1) is 0 Å². The Bertz CT molecular complexity index is 533. The average Bonchev–Trinajstić information content (AvgIpc) is 2.80. The number of unbranched alkanes of at least 4 members (excludes halogenated alkanes) is 3. The molecule has 2 rings (SSSR count). The average molecular weight is 280 g/mol. The van der Waals surface area contributed by atoms with Crippen LogP contribution in [-0.2, 0) is 16.0 Å². The summed E-state index contributed by atoms with van der Waals surface area (Å²) < 4.78 is 10.1. The Balaban J connectivity index is 1.77. The third-order valence-corrected chi connectivity index (χ3v) is 3.34. The largest absolute Gasteiger partial charge is 0.468 e. The molecule has 1 heterocycles. The van der Waals surface area contributed by atoms with E-state index in [9.17, 15) is 4.79 Å². The Labute approximate surface area is 117 Å².